The maximum Gasteiger partial charge on any atom is 0.268 e. The second-order valence-electron chi connectivity index (χ2n) is 17.4. The highest BCUT2D eigenvalue weighted by Crippen LogP contribution is 2.38. The summed E-state index contributed by atoms with van der Waals surface area (Å²) >= 11 is 0. The van der Waals surface area contributed by atoms with Crippen molar-refractivity contribution in [3.63, 3.8) is 0 Å². The Balaban J connectivity index is 4.31. The van der Waals surface area contributed by atoms with Crippen molar-refractivity contribution in [1.29, 1.82) is 0 Å². The van der Waals surface area contributed by atoms with Crippen LogP contribution in [0.5, 0.6) is 0 Å². The van der Waals surface area contributed by atoms with Gasteiger partial charge in [0.05, 0.1) is 39.9 Å². The number of allylic oxidation sites excluding steroid dienone is 8. The van der Waals surface area contributed by atoms with Gasteiger partial charge in [-0.2, -0.15) is 0 Å². The fourth-order valence-electron chi connectivity index (χ4n) is 6.80. The quantitative estimate of drug-likeness (QED) is 0.0274. The molecule has 0 fully saturated rings. The molecule has 0 heterocycles. The van der Waals surface area contributed by atoms with Gasteiger partial charge in [-0.15, -0.1) is 0 Å². The molecule has 3 atom stereocenters. The summed E-state index contributed by atoms with van der Waals surface area (Å²) in [7, 11) is 1.29. The molecule has 0 bridgehead atoms. The van der Waals surface area contributed by atoms with Crippen molar-refractivity contribution in [2.24, 2.45) is 0 Å². The summed E-state index contributed by atoms with van der Waals surface area (Å²) in [6, 6.07) is -0.805. The lowest BCUT2D eigenvalue weighted by atomic mass is 10.0. The van der Waals surface area contributed by atoms with E-state index in [9.17, 15) is 19.4 Å². The standard InChI is InChI=1S/C49H93N2O6P/c1-6-8-10-12-14-16-18-20-22-23-24-25-26-27-29-31-33-35-37-39-41-43-49(53)50-47(46-57-58(54,55)56-45-44-51(3,4)5)48(52)42-40-38-36-34-32-30-28-21-19-17-15-13-11-9-7-2/h8,10,14,16,20,22,24-25,47-48,52H,6-7,9,11-13,15,17-19,21,23,26-46H2,1-5H3,(H-,50,53,54,55)/b10-8-,16-14-,22-20-,25-24-. The number of nitrogens with one attached hydrogen (secondary N) is 1. The molecular weight excluding hydrogens is 744 g/mol. The summed E-state index contributed by atoms with van der Waals surface area (Å²) in [5.41, 5.74) is 0. The van der Waals surface area contributed by atoms with Crippen LogP contribution in [0.2, 0.25) is 0 Å². The lowest BCUT2D eigenvalue weighted by Gasteiger charge is -2.30. The van der Waals surface area contributed by atoms with Crippen LogP contribution in [-0.4, -0.2) is 68.5 Å². The van der Waals surface area contributed by atoms with Crippen molar-refractivity contribution in [3.05, 3.63) is 48.6 Å². The molecule has 0 aliphatic heterocycles. The number of likely N-dealkylation sites (N-methyl/N-ethyl adjacent to an activating group) is 1. The SMILES string of the molecule is CC/C=C\C/C=C\C/C=C\C/C=C\CCCCCCCCCCC(=O)NC(COP(=O)([O-])OCC[N+](C)(C)C)C(O)CCCCCCCCCCCCCCCCC. The normalized spacial score (nSPS) is 14.7. The Kier molecular flexibility index (Phi) is 39.8. The Bertz CT molecular complexity index is 1090. The molecule has 0 radical (unpaired) electrons. The van der Waals surface area contributed by atoms with Gasteiger partial charge in [-0.05, 0) is 51.4 Å². The average Bonchev–Trinajstić information content (AvgIpc) is 3.17. The number of amides is 1. The van der Waals surface area contributed by atoms with Crippen molar-refractivity contribution >= 4 is 13.7 Å². The molecule has 0 rings (SSSR count). The number of phosphoric acid groups is 1. The highest BCUT2D eigenvalue weighted by Gasteiger charge is 2.24. The second kappa shape index (κ2) is 40.8. The highest BCUT2D eigenvalue weighted by atomic mass is 31.2. The summed E-state index contributed by atoms with van der Waals surface area (Å²) in [6.07, 6.45) is 51.1. The van der Waals surface area contributed by atoms with Gasteiger partial charge in [0.2, 0.25) is 5.91 Å². The van der Waals surface area contributed by atoms with E-state index in [4.69, 9.17) is 9.05 Å². The number of aliphatic hydroxyl groups excluding tert-OH is 1. The number of aliphatic hydroxyl groups is 1. The topological polar surface area (TPSA) is 108 Å². The van der Waals surface area contributed by atoms with Crippen molar-refractivity contribution in [2.75, 3.05) is 40.9 Å². The predicted molar refractivity (Wildman–Crippen MR) is 247 cm³/mol. The minimum atomic E-state index is -4.57. The van der Waals surface area contributed by atoms with Gasteiger partial charge in [0.15, 0.2) is 0 Å². The number of rotatable bonds is 43. The van der Waals surface area contributed by atoms with E-state index in [0.717, 1.165) is 70.6 Å². The van der Waals surface area contributed by atoms with Crippen molar-refractivity contribution < 1.29 is 32.9 Å². The third kappa shape index (κ3) is 42.6. The first-order valence-corrected chi connectivity index (χ1v) is 25.4. The lowest BCUT2D eigenvalue weighted by molar-refractivity contribution is -0.870. The summed E-state index contributed by atoms with van der Waals surface area (Å²) in [4.78, 5) is 25.4. The number of carbonyl (C=O) groups is 1. The fourth-order valence-corrected chi connectivity index (χ4v) is 7.52. The van der Waals surface area contributed by atoms with Crippen LogP contribution in [0.3, 0.4) is 0 Å². The number of hydrogen-bond acceptors (Lipinski definition) is 6. The zero-order valence-electron chi connectivity index (χ0n) is 38.5. The Morgan fingerprint density at radius 3 is 1.53 bits per heavy atom. The zero-order valence-corrected chi connectivity index (χ0v) is 39.4. The van der Waals surface area contributed by atoms with Crippen LogP contribution in [0.4, 0.5) is 0 Å². The van der Waals surface area contributed by atoms with E-state index in [-0.39, 0.29) is 19.1 Å². The van der Waals surface area contributed by atoms with E-state index >= 15 is 0 Å². The molecule has 0 aliphatic rings. The summed E-state index contributed by atoms with van der Waals surface area (Å²) < 4.78 is 23.3. The van der Waals surface area contributed by atoms with Crippen molar-refractivity contribution in [2.45, 2.75) is 219 Å². The van der Waals surface area contributed by atoms with Gasteiger partial charge < -0.3 is 28.8 Å². The molecule has 9 heteroatoms. The number of nitrogens with zero attached hydrogens (tertiary/aromatic N) is 1. The van der Waals surface area contributed by atoms with Crippen molar-refractivity contribution in [3.8, 4) is 0 Å². The number of carbonyl (C=O) groups excluding carboxylic acids is 1. The molecule has 8 nitrogen and oxygen atoms in total. The molecule has 58 heavy (non-hydrogen) atoms. The number of hydrogen-bond donors (Lipinski definition) is 2. The molecular formula is C49H93N2O6P. The Morgan fingerprint density at radius 2 is 1.05 bits per heavy atom. The molecule has 0 spiro atoms. The van der Waals surface area contributed by atoms with Gasteiger partial charge in [0.25, 0.3) is 7.82 Å². The van der Waals surface area contributed by atoms with E-state index in [1.165, 1.54) is 109 Å². The van der Waals surface area contributed by atoms with Gasteiger partial charge in [-0.1, -0.05) is 197 Å². The van der Waals surface area contributed by atoms with Crippen LogP contribution in [0, 0.1) is 0 Å². The molecule has 0 aromatic carbocycles. The Labute approximate surface area is 359 Å². The first kappa shape index (κ1) is 56.5. The van der Waals surface area contributed by atoms with Crippen LogP contribution in [0.15, 0.2) is 48.6 Å². The molecule has 0 aromatic rings. The maximum absolute atomic E-state index is 12.9. The monoisotopic (exact) mass is 837 g/mol. The van der Waals surface area contributed by atoms with E-state index in [1.54, 1.807) is 0 Å². The molecule has 340 valence electrons. The minimum absolute atomic E-state index is 0.00894. The van der Waals surface area contributed by atoms with Crippen LogP contribution >= 0.6 is 7.82 Å². The van der Waals surface area contributed by atoms with E-state index in [2.05, 4.69) is 67.8 Å². The van der Waals surface area contributed by atoms with Gasteiger partial charge in [-0.25, -0.2) is 0 Å². The summed E-state index contributed by atoms with van der Waals surface area (Å²) in [6.45, 7) is 4.60. The molecule has 3 unspecified atom stereocenters. The van der Waals surface area contributed by atoms with Gasteiger partial charge >= 0.3 is 0 Å². The Hall–Kier alpha value is -1.54. The van der Waals surface area contributed by atoms with Gasteiger partial charge in [-0.3, -0.25) is 9.36 Å². The molecule has 0 saturated heterocycles. The van der Waals surface area contributed by atoms with Crippen LogP contribution in [0.25, 0.3) is 0 Å². The maximum atomic E-state index is 12.9. The third-order valence-electron chi connectivity index (χ3n) is 10.6. The lowest BCUT2D eigenvalue weighted by Crippen LogP contribution is -2.46. The second-order valence-corrected chi connectivity index (χ2v) is 18.8. The van der Waals surface area contributed by atoms with E-state index in [0.29, 0.717) is 23.9 Å². The molecule has 0 saturated carbocycles. The molecule has 2 N–H and O–H groups in total. The van der Waals surface area contributed by atoms with E-state index < -0.39 is 20.0 Å². The van der Waals surface area contributed by atoms with Crippen molar-refractivity contribution in [1.82, 2.24) is 5.32 Å². The molecule has 1 amide bonds. The summed E-state index contributed by atoms with van der Waals surface area (Å²) in [5.74, 6) is -0.174. The fraction of sp³-hybridized carbons (Fsp3) is 0.816. The number of quaternary nitrogens is 1. The smallest absolute Gasteiger partial charge is 0.268 e. The average molecular weight is 837 g/mol. The molecule has 0 aromatic heterocycles. The van der Waals surface area contributed by atoms with Crippen LogP contribution in [0.1, 0.15) is 206 Å². The molecule has 0 aliphatic carbocycles. The third-order valence-corrected chi connectivity index (χ3v) is 11.5. The Morgan fingerprint density at radius 1 is 0.621 bits per heavy atom. The van der Waals surface area contributed by atoms with Crippen LogP contribution in [-0.2, 0) is 18.4 Å². The van der Waals surface area contributed by atoms with Crippen LogP contribution < -0.4 is 10.2 Å². The number of phosphoric ester groups is 1. The van der Waals surface area contributed by atoms with Gasteiger partial charge in [0, 0.05) is 6.42 Å². The highest BCUT2D eigenvalue weighted by molar-refractivity contribution is 7.45. The first-order chi connectivity index (χ1) is 28.0. The zero-order chi connectivity index (χ0) is 42.8. The predicted octanol–water partition coefficient (Wildman–Crippen LogP) is 13.0. The number of unbranched alkanes of at least 4 members (excludes halogenated alkanes) is 22. The summed E-state index contributed by atoms with van der Waals surface area (Å²) in [5, 5.41) is 13.9. The first-order valence-electron chi connectivity index (χ1n) is 24.0. The largest absolute Gasteiger partial charge is 0.756 e. The van der Waals surface area contributed by atoms with E-state index in [1.807, 2.05) is 21.1 Å². The minimum Gasteiger partial charge on any atom is -0.756 e. The van der Waals surface area contributed by atoms with Gasteiger partial charge in [0.1, 0.15) is 13.2 Å².